The maximum atomic E-state index is 7.77. The highest BCUT2D eigenvalue weighted by Crippen LogP contribution is 2.32. The van der Waals surface area contributed by atoms with Gasteiger partial charge in [0.15, 0.2) is 43.4 Å². The third-order valence-electron chi connectivity index (χ3n) is 20.5. The first-order chi connectivity index (χ1) is 61.7. The van der Waals surface area contributed by atoms with Gasteiger partial charge in [-0.2, -0.15) is 0 Å². The number of benzene rings is 7. The van der Waals surface area contributed by atoms with Crippen molar-refractivity contribution in [3.63, 3.8) is 0 Å². The lowest BCUT2D eigenvalue weighted by Gasteiger charge is -2.10. The highest BCUT2D eigenvalue weighted by molar-refractivity contribution is 5.71. The second-order valence-electron chi connectivity index (χ2n) is 29.2. The minimum atomic E-state index is -2.47. The van der Waals surface area contributed by atoms with E-state index in [4.69, 9.17) is 28.8 Å². The Morgan fingerprint density at radius 2 is 0.455 bits per heavy atom. The number of hydrogen-bond acceptors (Lipinski definition) is 0. The molecule has 0 unspecified atom stereocenters. The molecule has 14 aromatic rings. The van der Waals surface area contributed by atoms with Crippen molar-refractivity contribution in [2.24, 2.45) is 49.3 Å². The second-order valence-corrected chi connectivity index (χ2v) is 29.2. The molecule has 7 heteroatoms. The van der Waals surface area contributed by atoms with E-state index in [1.165, 1.54) is 108 Å². The van der Waals surface area contributed by atoms with E-state index in [0.717, 1.165) is 50.6 Å². The Labute approximate surface area is 703 Å². The number of aryl methyl sites for hydroxylation is 25. The van der Waals surface area contributed by atoms with Gasteiger partial charge >= 0.3 is 0 Å². The molecule has 0 aliphatic carbocycles. The van der Waals surface area contributed by atoms with Crippen molar-refractivity contribution in [2.75, 3.05) is 0 Å². The first-order valence-electron chi connectivity index (χ1n) is 48.1. The van der Waals surface area contributed by atoms with Gasteiger partial charge in [-0.15, -0.1) is 0 Å². The number of aromatic nitrogens is 7. The van der Waals surface area contributed by atoms with E-state index < -0.39 is 48.0 Å². The monoisotopic (exact) mass is 1510 g/mol. The summed E-state index contributed by atoms with van der Waals surface area (Å²) in [6, 6.07) is 67.1. The van der Waals surface area contributed by atoms with E-state index in [9.17, 15) is 0 Å². The van der Waals surface area contributed by atoms with Crippen LogP contribution in [-0.2, 0) is 49.3 Å². The van der Waals surface area contributed by atoms with Gasteiger partial charge in [-0.25, -0.2) is 32.0 Å². The van der Waals surface area contributed by atoms with Crippen LogP contribution in [0.4, 0.5) is 0 Å². The molecule has 0 bridgehead atoms. The van der Waals surface area contributed by atoms with E-state index in [1.807, 2.05) is 164 Å². The zero-order valence-corrected chi connectivity index (χ0v) is 69.4. The lowest BCUT2D eigenvalue weighted by molar-refractivity contribution is -0.660. The molecule has 0 amide bonds. The number of hydrogen-bond donors (Lipinski definition) is 0. The van der Waals surface area contributed by atoms with Crippen LogP contribution in [0.1, 0.15) is 146 Å². The van der Waals surface area contributed by atoms with Gasteiger partial charge in [-0.3, -0.25) is 0 Å². The highest BCUT2D eigenvalue weighted by Gasteiger charge is 2.21. The van der Waals surface area contributed by atoms with Crippen LogP contribution in [0, 0.1) is 145 Å². The third kappa shape index (κ3) is 21.8. The van der Waals surface area contributed by atoms with E-state index in [0.29, 0.717) is 27.8 Å². The molecule has 0 N–H and O–H groups in total. The molecule has 112 heavy (non-hydrogen) atoms. The van der Waals surface area contributed by atoms with Crippen molar-refractivity contribution in [3.05, 3.63) is 373 Å². The zero-order valence-electron chi connectivity index (χ0n) is 90.4. The van der Waals surface area contributed by atoms with E-state index in [1.54, 1.807) is 39.0 Å². The van der Waals surface area contributed by atoms with Crippen LogP contribution >= 0.6 is 0 Å². The van der Waals surface area contributed by atoms with Crippen LogP contribution in [0.25, 0.3) is 78.8 Å². The van der Waals surface area contributed by atoms with Crippen LogP contribution in [0.2, 0.25) is 0 Å². The average Bonchev–Trinajstić information content (AvgIpc) is 0.773. The molecular weight excluding hydrogens is 1360 g/mol. The topological polar surface area (TPSA) is 27.2 Å². The van der Waals surface area contributed by atoms with Gasteiger partial charge in [0.1, 0.15) is 49.3 Å². The number of rotatable bonds is 7. The predicted octanol–water partition coefficient (Wildman–Crippen LogP) is 21.7. The smallest absolute Gasteiger partial charge is 0.201 e. The Bertz CT molecular complexity index is 6460. The van der Waals surface area contributed by atoms with Crippen molar-refractivity contribution in [1.82, 2.24) is 0 Å². The summed E-state index contributed by atoms with van der Waals surface area (Å²) in [6.45, 7) is 12.4. The molecule has 7 heterocycles. The maximum Gasteiger partial charge on any atom is 0.212 e. The van der Waals surface area contributed by atoms with Crippen molar-refractivity contribution in [3.8, 4) is 78.8 Å². The summed E-state index contributed by atoms with van der Waals surface area (Å²) < 4.78 is 175. The fourth-order valence-corrected chi connectivity index (χ4v) is 13.9. The minimum Gasteiger partial charge on any atom is -0.201 e. The summed E-state index contributed by atoms with van der Waals surface area (Å²) in [4.78, 5) is 0. The zero-order chi connectivity index (χ0) is 99.4. The van der Waals surface area contributed by atoms with Gasteiger partial charge in [0.2, 0.25) is 39.9 Å². The molecule has 0 aliphatic heterocycles. The molecule has 574 valence electrons. The van der Waals surface area contributed by atoms with Gasteiger partial charge in [-0.05, 0) is 306 Å². The van der Waals surface area contributed by atoms with Crippen molar-refractivity contribution in [2.45, 2.75) is 145 Å². The first-order valence-corrected chi connectivity index (χ1v) is 37.6. The van der Waals surface area contributed by atoms with Crippen LogP contribution < -0.4 is 32.0 Å². The number of nitrogens with zero attached hydrogens (tertiary/aromatic N) is 7. The van der Waals surface area contributed by atoms with Gasteiger partial charge in [-0.1, -0.05) is 83.4 Å². The summed E-state index contributed by atoms with van der Waals surface area (Å²) in [5, 5.41) is 0. The number of pyridine rings is 7. The highest BCUT2D eigenvalue weighted by atomic mass is 14.9. The Kier molecular flexibility index (Phi) is 21.3. The summed E-state index contributed by atoms with van der Waals surface area (Å²) >= 11 is 0. The third-order valence-corrected chi connectivity index (χ3v) is 20.5. The lowest BCUT2D eigenvalue weighted by Crippen LogP contribution is -2.30. The fourth-order valence-electron chi connectivity index (χ4n) is 13.9. The summed E-state index contributed by atoms with van der Waals surface area (Å²) in [6.07, 6.45) is 13.7. The molecule has 7 aromatic carbocycles. The van der Waals surface area contributed by atoms with Crippen LogP contribution in [0.15, 0.2) is 256 Å². The standard InChI is InChI=1S/7C15H18N/c2*1-11-8-9-12(2)15(13(11)3)14-7-5-6-10-16(14)4;2*1-11-9-13(3)14(10-12(11)2)15-7-5-6-8-16(15)4;1-11-9-12(2)13(3)14(10-11)15-7-5-6-8-16(15)4;2*1-11-9-12(2)15(13(3)10-11)14-7-5-6-8-16(14)4/h7*5-10H,1-4H3/q7*+1/i2D3;;1D3,2D3;;2*1D3,2D3;. The maximum absolute atomic E-state index is 7.77. The quantitative estimate of drug-likeness (QED) is 0.142. The van der Waals surface area contributed by atoms with E-state index >= 15 is 0 Å². The molecular formula is C105H126N7+7. The lowest BCUT2D eigenvalue weighted by atomic mass is 9.95. The predicted molar refractivity (Wildman–Crippen MR) is 471 cm³/mol. The fraction of sp³-hybridized carbons (Fsp3) is 0.267. The Balaban J connectivity index is 0.000000192. The van der Waals surface area contributed by atoms with Crippen LogP contribution in [-0.4, -0.2) is 0 Å². The molecule has 7 aromatic heterocycles. The normalized spacial score (nSPS) is 14.1. The Morgan fingerprint density at radius 1 is 0.179 bits per heavy atom. The second kappa shape index (κ2) is 39.5. The molecule has 14 rings (SSSR count). The van der Waals surface area contributed by atoms with Crippen molar-refractivity contribution in [1.29, 1.82) is 0 Å². The van der Waals surface area contributed by atoms with Gasteiger partial charge < -0.3 is 0 Å². The first kappa shape index (κ1) is 60.3. The van der Waals surface area contributed by atoms with E-state index in [-0.39, 0.29) is 33.4 Å². The average molecular weight is 1510 g/mol. The molecule has 0 saturated heterocycles. The van der Waals surface area contributed by atoms with Gasteiger partial charge in [0.05, 0.1) is 22.3 Å². The Morgan fingerprint density at radius 3 is 0.839 bits per heavy atom. The largest absolute Gasteiger partial charge is 0.212 e. The van der Waals surface area contributed by atoms with Crippen LogP contribution in [0.5, 0.6) is 0 Å². The van der Waals surface area contributed by atoms with E-state index in [2.05, 4.69) is 207 Å². The Hall–Kier alpha value is -11.4. The molecule has 0 saturated carbocycles. The van der Waals surface area contributed by atoms with Gasteiger partial charge in [0, 0.05) is 130 Å². The van der Waals surface area contributed by atoms with Gasteiger partial charge in [0.25, 0.3) is 0 Å². The molecule has 0 fully saturated rings. The minimum absolute atomic E-state index is 0.0445. The molecule has 0 radical (unpaired) electrons. The molecule has 0 spiro atoms. The summed E-state index contributed by atoms with van der Waals surface area (Å²) in [7, 11) is 13.7. The molecule has 7 nitrogen and oxygen atoms in total. The van der Waals surface area contributed by atoms with Crippen LogP contribution in [0.3, 0.4) is 0 Å². The SMILES string of the molecule is Cc1cc(C)c(-c2cccc[n+]2C)c(C)c1.Cc1cc(C)c(-c2cccc[n+]2C)cc1C.Cc1ccc(C)c(-c2cccc[n+]2C)c1C.[2H]C([2H])([2H])c1cc(-c2cccc[n+]2C)c(C)c(C([2H])([2H])[2H])c1.[2H]C([2H])([2H])c1cc(C)c(-c2cccc[n+]2C)c(C([2H])([2H])[2H])c1.[2H]C([2H])([2H])c1cc(C)c(-c2cccc[n+]2C)cc1C([2H])([2H])[2H].[2H]C([2H])([2H])c1ccc(C)c(C)c1-c1cccc[n+]1C. The van der Waals surface area contributed by atoms with Crippen molar-refractivity contribution >= 4 is 0 Å². The molecule has 0 atom stereocenters. The molecule has 0 aliphatic rings. The van der Waals surface area contributed by atoms with Crippen molar-refractivity contribution < 1.29 is 60.8 Å². The summed E-state index contributed by atoms with van der Waals surface area (Å²) in [5.74, 6) is 0. The summed E-state index contributed by atoms with van der Waals surface area (Å²) in [5.41, 5.74) is 30.6.